The van der Waals surface area contributed by atoms with Crippen LogP contribution < -0.4 is 5.73 Å². The third-order valence-electron chi connectivity index (χ3n) is 3.12. The molecule has 1 aliphatic carbocycles. The van der Waals surface area contributed by atoms with Crippen molar-refractivity contribution in [2.45, 2.75) is 19.4 Å². The van der Waals surface area contributed by atoms with E-state index in [4.69, 9.17) is 10.5 Å². The molecule has 0 aliphatic heterocycles. The summed E-state index contributed by atoms with van der Waals surface area (Å²) >= 11 is 0. The van der Waals surface area contributed by atoms with Gasteiger partial charge >= 0.3 is 0 Å². The summed E-state index contributed by atoms with van der Waals surface area (Å²) in [6.45, 7) is 2.46. The lowest BCUT2D eigenvalue weighted by Crippen LogP contribution is -2.04. The molecular formula is C13H19NO. The van der Waals surface area contributed by atoms with Gasteiger partial charge in [-0.15, -0.1) is 0 Å². The highest BCUT2D eigenvalue weighted by Crippen LogP contribution is 2.39. The van der Waals surface area contributed by atoms with Crippen molar-refractivity contribution in [3.63, 3.8) is 0 Å². The van der Waals surface area contributed by atoms with Crippen LogP contribution >= 0.6 is 0 Å². The van der Waals surface area contributed by atoms with Gasteiger partial charge < -0.3 is 10.5 Å². The summed E-state index contributed by atoms with van der Waals surface area (Å²) < 4.78 is 5.62. The summed E-state index contributed by atoms with van der Waals surface area (Å²) in [6.07, 6.45) is 2.49. The lowest BCUT2D eigenvalue weighted by Gasteiger charge is -2.03. The first-order valence-corrected chi connectivity index (χ1v) is 5.72. The van der Waals surface area contributed by atoms with E-state index < -0.39 is 0 Å². The molecule has 1 aromatic rings. The van der Waals surface area contributed by atoms with Gasteiger partial charge in [0.2, 0.25) is 0 Å². The average Bonchev–Trinajstić information content (AvgIpc) is 3.05. The standard InChI is InChI=1S/C13H19NO/c14-9-13-8-12(13)6-7-15-10-11-4-2-1-3-5-11/h1-5,12-13H,6-10,14H2. The Morgan fingerprint density at radius 1 is 1.20 bits per heavy atom. The largest absolute Gasteiger partial charge is 0.377 e. The second kappa shape index (κ2) is 5.29. The molecule has 0 bridgehead atoms. The number of rotatable bonds is 6. The molecule has 0 aromatic heterocycles. The molecule has 2 atom stereocenters. The van der Waals surface area contributed by atoms with E-state index in [9.17, 15) is 0 Å². The van der Waals surface area contributed by atoms with E-state index in [1.807, 2.05) is 18.2 Å². The number of benzene rings is 1. The van der Waals surface area contributed by atoms with Crippen LogP contribution in [-0.2, 0) is 11.3 Å². The zero-order chi connectivity index (χ0) is 10.5. The Balaban J connectivity index is 1.56. The minimum atomic E-state index is 0.737. The smallest absolute Gasteiger partial charge is 0.0716 e. The Morgan fingerprint density at radius 2 is 2.00 bits per heavy atom. The minimum absolute atomic E-state index is 0.737. The summed E-state index contributed by atoms with van der Waals surface area (Å²) in [6, 6.07) is 10.3. The predicted octanol–water partition coefficient (Wildman–Crippen LogP) is 2.19. The molecule has 0 spiro atoms. The molecule has 0 amide bonds. The van der Waals surface area contributed by atoms with Crippen LogP contribution in [0.5, 0.6) is 0 Å². The van der Waals surface area contributed by atoms with Crippen molar-refractivity contribution in [2.75, 3.05) is 13.2 Å². The second-order valence-electron chi connectivity index (χ2n) is 4.32. The molecular weight excluding hydrogens is 186 g/mol. The normalized spacial score (nSPS) is 24.1. The molecule has 2 unspecified atom stereocenters. The van der Waals surface area contributed by atoms with Crippen LogP contribution in [0.15, 0.2) is 30.3 Å². The second-order valence-corrected chi connectivity index (χ2v) is 4.32. The Hall–Kier alpha value is -0.860. The van der Waals surface area contributed by atoms with Gasteiger partial charge in [-0.1, -0.05) is 30.3 Å². The van der Waals surface area contributed by atoms with E-state index in [-0.39, 0.29) is 0 Å². The van der Waals surface area contributed by atoms with Gasteiger partial charge in [-0.3, -0.25) is 0 Å². The van der Waals surface area contributed by atoms with Crippen LogP contribution in [0.3, 0.4) is 0 Å². The Labute approximate surface area is 91.4 Å². The fourth-order valence-corrected chi connectivity index (χ4v) is 1.95. The SMILES string of the molecule is NCC1CC1CCOCc1ccccc1. The third kappa shape index (κ3) is 3.33. The highest BCUT2D eigenvalue weighted by Gasteiger charge is 2.34. The summed E-state index contributed by atoms with van der Waals surface area (Å²) in [5, 5.41) is 0. The van der Waals surface area contributed by atoms with Crippen molar-refractivity contribution < 1.29 is 4.74 Å². The molecule has 2 heteroatoms. The van der Waals surface area contributed by atoms with Gasteiger partial charge in [-0.2, -0.15) is 0 Å². The molecule has 2 N–H and O–H groups in total. The number of hydrogen-bond donors (Lipinski definition) is 1. The van der Waals surface area contributed by atoms with Gasteiger partial charge in [0.1, 0.15) is 0 Å². The van der Waals surface area contributed by atoms with Crippen molar-refractivity contribution in [1.82, 2.24) is 0 Å². The van der Waals surface area contributed by atoms with Crippen molar-refractivity contribution >= 4 is 0 Å². The van der Waals surface area contributed by atoms with Crippen molar-refractivity contribution in [1.29, 1.82) is 0 Å². The van der Waals surface area contributed by atoms with Crippen LogP contribution in [0.4, 0.5) is 0 Å². The average molecular weight is 205 g/mol. The molecule has 0 saturated heterocycles. The first-order valence-electron chi connectivity index (χ1n) is 5.72. The topological polar surface area (TPSA) is 35.2 Å². The van der Waals surface area contributed by atoms with Crippen molar-refractivity contribution in [2.24, 2.45) is 17.6 Å². The minimum Gasteiger partial charge on any atom is -0.377 e. The zero-order valence-electron chi connectivity index (χ0n) is 9.06. The van der Waals surface area contributed by atoms with Crippen LogP contribution in [-0.4, -0.2) is 13.2 Å². The Kier molecular flexibility index (Phi) is 3.75. The monoisotopic (exact) mass is 205 g/mol. The van der Waals surface area contributed by atoms with Gasteiger partial charge in [0, 0.05) is 6.61 Å². The van der Waals surface area contributed by atoms with Gasteiger partial charge in [-0.05, 0) is 36.8 Å². The summed E-state index contributed by atoms with van der Waals surface area (Å²) in [5.74, 6) is 1.62. The first-order chi connectivity index (χ1) is 7.40. The van der Waals surface area contributed by atoms with E-state index in [0.717, 1.165) is 31.6 Å². The Bertz CT molecular complexity index is 286. The van der Waals surface area contributed by atoms with Gasteiger partial charge in [0.25, 0.3) is 0 Å². The molecule has 0 heterocycles. The summed E-state index contributed by atoms with van der Waals surface area (Å²) in [5.41, 5.74) is 6.83. The van der Waals surface area contributed by atoms with Gasteiger partial charge in [-0.25, -0.2) is 0 Å². The van der Waals surface area contributed by atoms with Crippen LogP contribution in [0.1, 0.15) is 18.4 Å². The molecule has 1 aliphatic rings. The quantitative estimate of drug-likeness (QED) is 0.722. The highest BCUT2D eigenvalue weighted by molar-refractivity contribution is 5.13. The van der Waals surface area contributed by atoms with Crippen molar-refractivity contribution in [3.8, 4) is 0 Å². The predicted molar refractivity (Wildman–Crippen MR) is 61.4 cm³/mol. The van der Waals surface area contributed by atoms with Gasteiger partial charge in [0.15, 0.2) is 0 Å². The maximum atomic E-state index is 5.62. The number of ether oxygens (including phenoxy) is 1. The lowest BCUT2D eigenvalue weighted by molar-refractivity contribution is 0.114. The fourth-order valence-electron chi connectivity index (χ4n) is 1.95. The fraction of sp³-hybridized carbons (Fsp3) is 0.538. The maximum Gasteiger partial charge on any atom is 0.0716 e. The van der Waals surface area contributed by atoms with Crippen LogP contribution in [0.25, 0.3) is 0 Å². The highest BCUT2D eigenvalue weighted by atomic mass is 16.5. The molecule has 2 rings (SSSR count). The van der Waals surface area contributed by atoms with Gasteiger partial charge in [0.05, 0.1) is 6.61 Å². The lowest BCUT2D eigenvalue weighted by atomic mass is 10.2. The van der Waals surface area contributed by atoms with Crippen LogP contribution in [0.2, 0.25) is 0 Å². The molecule has 15 heavy (non-hydrogen) atoms. The summed E-state index contributed by atoms with van der Waals surface area (Å²) in [4.78, 5) is 0. The van der Waals surface area contributed by atoms with E-state index in [2.05, 4.69) is 12.1 Å². The molecule has 0 radical (unpaired) electrons. The molecule has 1 aromatic carbocycles. The van der Waals surface area contributed by atoms with Crippen molar-refractivity contribution in [3.05, 3.63) is 35.9 Å². The first kappa shape index (κ1) is 10.7. The molecule has 1 saturated carbocycles. The molecule has 82 valence electrons. The van der Waals surface area contributed by atoms with E-state index in [0.29, 0.717) is 0 Å². The van der Waals surface area contributed by atoms with E-state index >= 15 is 0 Å². The third-order valence-corrected chi connectivity index (χ3v) is 3.12. The zero-order valence-corrected chi connectivity index (χ0v) is 9.06. The Morgan fingerprint density at radius 3 is 2.67 bits per heavy atom. The summed E-state index contributed by atoms with van der Waals surface area (Å²) in [7, 11) is 0. The maximum absolute atomic E-state index is 5.62. The molecule has 2 nitrogen and oxygen atoms in total. The number of nitrogens with two attached hydrogens (primary N) is 1. The van der Waals surface area contributed by atoms with E-state index in [1.165, 1.54) is 18.4 Å². The van der Waals surface area contributed by atoms with E-state index in [1.54, 1.807) is 0 Å². The number of hydrogen-bond acceptors (Lipinski definition) is 2. The van der Waals surface area contributed by atoms with Crippen LogP contribution in [0, 0.1) is 11.8 Å². The molecule has 1 fully saturated rings.